The zero-order valence-corrected chi connectivity index (χ0v) is 16.5. The lowest BCUT2D eigenvalue weighted by Gasteiger charge is -2.55. The van der Waals surface area contributed by atoms with Gasteiger partial charge in [-0.05, 0) is 48.8 Å². The number of phenolic OH excluding ortho intramolecular Hbond substituents is 1. The molecule has 2 aliphatic heterocycles. The van der Waals surface area contributed by atoms with Crippen LogP contribution in [-0.2, 0) is 25.5 Å². The number of ketones is 1. The van der Waals surface area contributed by atoms with Gasteiger partial charge in [-0.15, -0.1) is 0 Å². The molecule has 2 aromatic rings. The Morgan fingerprint density at radius 3 is 2.90 bits per heavy atom. The highest BCUT2D eigenvalue weighted by Gasteiger charge is 2.55. The van der Waals surface area contributed by atoms with Gasteiger partial charge < -0.3 is 19.6 Å². The monoisotopic (exact) mass is 396 g/mol. The van der Waals surface area contributed by atoms with E-state index in [1.54, 1.807) is 25.3 Å². The minimum absolute atomic E-state index is 0.0410. The third-order valence-corrected chi connectivity index (χ3v) is 6.90. The molecule has 7 heteroatoms. The molecule has 0 radical (unpaired) electrons. The van der Waals surface area contributed by atoms with Crippen LogP contribution in [0, 0.1) is 0 Å². The highest BCUT2D eigenvalue weighted by Crippen LogP contribution is 2.50. The maximum Gasteiger partial charge on any atom is 0.323 e. The van der Waals surface area contributed by atoms with Gasteiger partial charge in [0.2, 0.25) is 0 Å². The van der Waals surface area contributed by atoms with Crippen molar-refractivity contribution in [1.29, 1.82) is 0 Å². The van der Waals surface area contributed by atoms with Crippen LogP contribution in [0.5, 0.6) is 5.75 Å². The first-order chi connectivity index (χ1) is 14.0. The van der Waals surface area contributed by atoms with Crippen molar-refractivity contribution in [2.24, 2.45) is 0 Å². The number of piperidine rings is 1. The van der Waals surface area contributed by atoms with E-state index in [1.807, 2.05) is 12.1 Å². The van der Waals surface area contributed by atoms with Gasteiger partial charge in [-0.3, -0.25) is 14.5 Å². The van der Waals surface area contributed by atoms with Crippen molar-refractivity contribution in [2.45, 2.75) is 49.4 Å². The molecule has 3 aliphatic rings. The fourth-order valence-corrected chi connectivity index (χ4v) is 5.55. The van der Waals surface area contributed by atoms with Crippen LogP contribution in [-0.4, -0.2) is 58.6 Å². The van der Waals surface area contributed by atoms with Crippen molar-refractivity contribution in [2.75, 3.05) is 14.2 Å². The summed E-state index contributed by atoms with van der Waals surface area (Å²) < 4.78 is 11.1. The fourth-order valence-electron chi connectivity index (χ4n) is 5.55. The topological polar surface area (TPSA) is 91.9 Å². The van der Waals surface area contributed by atoms with Crippen molar-refractivity contribution < 1.29 is 24.2 Å². The first-order valence-corrected chi connectivity index (χ1v) is 9.93. The van der Waals surface area contributed by atoms with E-state index in [2.05, 4.69) is 9.88 Å². The number of fused-ring (bicyclic) bond motifs is 7. The molecule has 1 aliphatic carbocycles. The van der Waals surface area contributed by atoms with Gasteiger partial charge in [0.05, 0.1) is 19.2 Å². The zero-order chi connectivity index (χ0) is 20.3. The van der Waals surface area contributed by atoms with E-state index < -0.39 is 11.6 Å². The minimum atomic E-state index is -0.585. The lowest BCUT2D eigenvalue weighted by molar-refractivity contribution is -0.164. The number of aromatic hydroxyl groups is 1. The summed E-state index contributed by atoms with van der Waals surface area (Å²) in [6.07, 6.45) is 5.78. The molecule has 4 atom stereocenters. The molecule has 3 heterocycles. The Morgan fingerprint density at radius 1 is 1.31 bits per heavy atom. The molecule has 7 nitrogen and oxygen atoms in total. The van der Waals surface area contributed by atoms with E-state index in [4.69, 9.17) is 9.47 Å². The summed E-state index contributed by atoms with van der Waals surface area (Å²) in [7, 11) is 3.06. The maximum absolute atomic E-state index is 12.8. The second-order valence-corrected chi connectivity index (χ2v) is 8.17. The molecule has 29 heavy (non-hydrogen) atoms. The number of allylic oxidation sites excluding steroid dienone is 1. The molecule has 0 saturated carbocycles. The number of hydrogen-bond acceptors (Lipinski definition) is 6. The summed E-state index contributed by atoms with van der Waals surface area (Å²) in [5.74, 6) is -0.0789. The van der Waals surface area contributed by atoms with Gasteiger partial charge in [-0.1, -0.05) is 0 Å². The molecular formula is C22H24N2O5. The number of aromatic nitrogens is 1. The first-order valence-electron chi connectivity index (χ1n) is 9.93. The average Bonchev–Trinajstić information content (AvgIpc) is 3.10. The lowest BCUT2D eigenvalue weighted by Crippen LogP contribution is -2.65. The Labute approximate surface area is 168 Å². The number of ether oxygens (including phenoxy) is 2. The number of esters is 1. The summed E-state index contributed by atoms with van der Waals surface area (Å²) in [6, 6.07) is 4.45. The molecule has 2 N–H and O–H groups in total. The van der Waals surface area contributed by atoms with Crippen molar-refractivity contribution in [3.05, 3.63) is 41.6 Å². The van der Waals surface area contributed by atoms with Crippen molar-refractivity contribution in [3.63, 3.8) is 0 Å². The number of carbonyl (C=O) groups excluding carboxylic acids is 2. The Hall–Kier alpha value is -2.64. The maximum atomic E-state index is 12.8. The van der Waals surface area contributed by atoms with Gasteiger partial charge >= 0.3 is 5.97 Å². The number of hydrogen-bond donors (Lipinski definition) is 2. The van der Waals surface area contributed by atoms with E-state index in [9.17, 15) is 14.7 Å². The van der Waals surface area contributed by atoms with Gasteiger partial charge in [-0.25, -0.2) is 0 Å². The predicted molar refractivity (Wildman–Crippen MR) is 106 cm³/mol. The summed E-state index contributed by atoms with van der Waals surface area (Å²) in [4.78, 5) is 30.8. The van der Waals surface area contributed by atoms with Crippen molar-refractivity contribution in [3.8, 4) is 5.75 Å². The SMILES string of the molecule is COC(=O)[C@@H]1Cc2c([nH]c3ccc(O)cc23)[C@@H]2CC[C@@]3(OC)C=CC(=O)C[C@H]3N12. The minimum Gasteiger partial charge on any atom is -0.508 e. The molecule has 0 spiro atoms. The fraction of sp³-hybridized carbons (Fsp3) is 0.455. The number of nitrogens with one attached hydrogen (secondary N) is 1. The summed E-state index contributed by atoms with van der Waals surface area (Å²) in [5.41, 5.74) is 2.44. The number of phenols is 1. The van der Waals surface area contributed by atoms with Crippen LogP contribution < -0.4 is 0 Å². The third kappa shape index (κ3) is 2.57. The van der Waals surface area contributed by atoms with Crippen molar-refractivity contribution in [1.82, 2.24) is 9.88 Å². The molecule has 1 aromatic heterocycles. The number of methoxy groups -OCH3 is 2. The standard InChI is InChI=1S/C22H24N2O5/c1-28-21(27)18-11-15-14-9-12(25)3-4-16(14)23-20(15)17-6-8-22(29-2)7-5-13(26)10-19(22)24(17)18/h3-5,7,9,17-19,23,25H,6,8,10-11H2,1-2H3/t17-,18-,19+,22-/m0/s1. The van der Waals surface area contributed by atoms with Crippen LogP contribution in [0.4, 0.5) is 0 Å². The number of aromatic amines is 1. The zero-order valence-electron chi connectivity index (χ0n) is 16.5. The number of carbonyl (C=O) groups is 2. The van der Waals surface area contributed by atoms with Crippen LogP contribution in [0.3, 0.4) is 0 Å². The van der Waals surface area contributed by atoms with Crippen molar-refractivity contribution >= 4 is 22.7 Å². The largest absolute Gasteiger partial charge is 0.508 e. The molecule has 0 amide bonds. The van der Waals surface area contributed by atoms with Gasteiger partial charge in [0.25, 0.3) is 0 Å². The average molecular weight is 396 g/mol. The van der Waals surface area contributed by atoms with Crippen LogP contribution in [0.15, 0.2) is 30.4 Å². The highest BCUT2D eigenvalue weighted by molar-refractivity contribution is 5.92. The summed E-state index contributed by atoms with van der Waals surface area (Å²) >= 11 is 0. The Bertz CT molecular complexity index is 1040. The molecule has 0 bridgehead atoms. The van der Waals surface area contributed by atoms with E-state index in [0.717, 1.165) is 35.0 Å². The lowest BCUT2D eigenvalue weighted by atomic mass is 9.72. The van der Waals surface area contributed by atoms with Gasteiger partial charge in [0, 0.05) is 36.5 Å². The van der Waals surface area contributed by atoms with E-state index >= 15 is 0 Å². The normalized spacial score (nSPS) is 31.2. The number of H-pyrrole nitrogens is 1. The van der Waals surface area contributed by atoms with Crippen LogP contribution in [0.25, 0.3) is 10.9 Å². The quantitative estimate of drug-likeness (QED) is 0.758. The van der Waals surface area contributed by atoms with E-state index in [1.165, 1.54) is 7.11 Å². The molecule has 5 rings (SSSR count). The smallest absolute Gasteiger partial charge is 0.323 e. The Kier molecular flexibility index (Phi) is 4.08. The van der Waals surface area contributed by atoms with Gasteiger partial charge in [-0.2, -0.15) is 0 Å². The highest BCUT2D eigenvalue weighted by atomic mass is 16.5. The number of nitrogens with zero attached hydrogens (tertiary/aromatic N) is 1. The van der Waals surface area contributed by atoms with Gasteiger partial charge in [0.1, 0.15) is 17.4 Å². The number of benzene rings is 1. The summed E-state index contributed by atoms with van der Waals surface area (Å²) in [5, 5.41) is 10.9. The second kappa shape index (κ2) is 6.43. The molecule has 1 aromatic carbocycles. The van der Waals surface area contributed by atoms with E-state index in [0.29, 0.717) is 12.8 Å². The van der Waals surface area contributed by atoms with E-state index in [-0.39, 0.29) is 29.6 Å². The molecule has 0 unspecified atom stereocenters. The molecule has 1 fully saturated rings. The number of rotatable bonds is 2. The first kappa shape index (κ1) is 18.4. The third-order valence-electron chi connectivity index (χ3n) is 6.90. The van der Waals surface area contributed by atoms with Gasteiger partial charge in [0.15, 0.2) is 5.78 Å². The Balaban J connectivity index is 1.68. The predicted octanol–water partition coefficient (Wildman–Crippen LogP) is 2.39. The Morgan fingerprint density at radius 2 is 2.14 bits per heavy atom. The molecule has 1 saturated heterocycles. The van der Waals surface area contributed by atoms with Crippen LogP contribution in [0.2, 0.25) is 0 Å². The molecular weight excluding hydrogens is 372 g/mol. The summed E-state index contributed by atoms with van der Waals surface area (Å²) in [6.45, 7) is 0. The van der Waals surface area contributed by atoms with Crippen LogP contribution in [0.1, 0.15) is 36.6 Å². The molecule has 152 valence electrons. The van der Waals surface area contributed by atoms with Crippen LogP contribution >= 0.6 is 0 Å². The second-order valence-electron chi connectivity index (χ2n) is 8.17.